The molecule has 1 aliphatic heterocycles. The van der Waals surface area contributed by atoms with E-state index in [1.54, 1.807) is 19.2 Å². The van der Waals surface area contributed by atoms with Gasteiger partial charge in [-0.15, -0.1) is 0 Å². The molecule has 2 unspecified atom stereocenters. The second-order valence-electron chi connectivity index (χ2n) is 5.58. The van der Waals surface area contributed by atoms with Crippen molar-refractivity contribution in [2.24, 2.45) is 5.92 Å². The highest BCUT2D eigenvalue weighted by Crippen LogP contribution is 2.16. The molecule has 0 radical (unpaired) electrons. The molecule has 0 aromatic heterocycles. The smallest absolute Gasteiger partial charge is 0.240 e. The fourth-order valence-corrected chi connectivity index (χ4v) is 3.81. The molecule has 1 heterocycles. The van der Waals surface area contributed by atoms with Crippen molar-refractivity contribution in [2.75, 3.05) is 26.8 Å². The van der Waals surface area contributed by atoms with Gasteiger partial charge in [0.15, 0.2) is 0 Å². The number of methoxy groups -OCH3 is 1. The van der Waals surface area contributed by atoms with Gasteiger partial charge in [0.25, 0.3) is 0 Å². The highest BCUT2D eigenvalue weighted by atomic mass is 32.2. The van der Waals surface area contributed by atoms with E-state index in [0.29, 0.717) is 24.0 Å². The third-order valence-electron chi connectivity index (χ3n) is 3.96. The fourth-order valence-electron chi connectivity index (χ4n) is 2.47. The molecule has 5 nitrogen and oxygen atoms in total. The molecular formula is C15H24N2O3S. The number of sulfonamides is 1. The Hall–Kier alpha value is -0.950. The maximum Gasteiger partial charge on any atom is 0.240 e. The first-order valence-electron chi connectivity index (χ1n) is 7.34. The van der Waals surface area contributed by atoms with Crippen LogP contribution in [0.25, 0.3) is 0 Å². The van der Waals surface area contributed by atoms with Gasteiger partial charge < -0.3 is 10.1 Å². The van der Waals surface area contributed by atoms with E-state index >= 15 is 0 Å². The van der Waals surface area contributed by atoms with Gasteiger partial charge in [0.2, 0.25) is 10.0 Å². The molecule has 118 valence electrons. The molecule has 1 aliphatic rings. The van der Waals surface area contributed by atoms with Gasteiger partial charge in [0, 0.05) is 19.7 Å². The van der Waals surface area contributed by atoms with Crippen LogP contribution in [0, 0.1) is 5.92 Å². The molecule has 6 heteroatoms. The summed E-state index contributed by atoms with van der Waals surface area (Å²) in [5.41, 5.74) is 1.07. The summed E-state index contributed by atoms with van der Waals surface area (Å²) in [4.78, 5) is 0.321. The van der Waals surface area contributed by atoms with Crippen LogP contribution in [0.2, 0.25) is 0 Å². The van der Waals surface area contributed by atoms with E-state index in [2.05, 4.69) is 17.0 Å². The van der Waals surface area contributed by atoms with Crippen LogP contribution in [0.5, 0.6) is 0 Å². The SMILES string of the molecule is COCCc1ccc(S(=O)(=O)NC2CNCCC2C)cc1. The Balaban J connectivity index is 2.04. The molecule has 0 aliphatic carbocycles. The summed E-state index contributed by atoms with van der Waals surface area (Å²) in [6.07, 6.45) is 1.77. The minimum atomic E-state index is -3.45. The lowest BCUT2D eigenvalue weighted by Crippen LogP contribution is -2.50. The molecule has 0 bridgehead atoms. The van der Waals surface area contributed by atoms with E-state index in [1.165, 1.54) is 0 Å². The second-order valence-corrected chi connectivity index (χ2v) is 7.30. The number of hydrogen-bond donors (Lipinski definition) is 2. The Bertz CT molecular complexity index is 543. The number of benzene rings is 1. The lowest BCUT2D eigenvalue weighted by atomic mass is 9.96. The molecule has 1 fully saturated rings. The summed E-state index contributed by atoms with van der Waals surface area (Å²) < 4.78 is 32.6. The van der Waals surface area contributed by atoms with Crippen molar-refractivity contribution in [1.29, 1.82) is 0 Å². The molecule has 1 aromatic carbocycles. The zero-order valence-electron chi connectivity index (χ0n) is 12.6. The van der Waals surface area contributed by atoms with E-state index in [9.17, 15) is 8.42 Å². The van der Waals surface area contributed by atoms with Crippen molar-refractivity contribution in [3.05, 3.63) is 29.8 Å². The maximum absolute atomic E-state index is 12.4. The van der Waals surface area contributed by atoms with Gasteiger partial charge in [-0.1, -0.05) is 19.1 Å². The Morgan fingerprint density at radius 3 is 2.67 bits per heavy atom. The highest BCUT2D eigenvalue weighted by Gasteiger charge is 2.26. The summed E-state index contributed by atoms with van der Waals surface area (Å²) in [5, 5.41) is 3.23. The minimum absolute atomic E-state index is 0.0445. The quantitative estimate of drug-likeness (QED) is 0.827. The first kappa shape index (κ1) is 16.4. The van der Waals surface area contributed by atoms with Gasteiger partial charge in [0.1, 0.15) is 0 Å². The van der Waals surface area contributed by atoms with Crippen molar-refractivity contribution >= 4 is 10.0 Å². The molecule has 0 saturated carbocycles. The molecule has 2 N–H and O–H groups in total. The predicted octanol–water partition coefficient (Wildman–Crippen LogP) is 1.15. The van der Waals surface area contributed by atoms with Crippen LogP contribution in [0.3, 0.4) is 0 Å². The third kappa shape index (κ3) is 4.51. The van der Waals surface area contributed by atoms with Gasteiger partial charge in [-0.2, -0.15) is 0 Å². The van der Waals surface area contributed by atoms with Gasteiger partial charge >= 0.3 is 0 Å². The topological polar surface area (TPSA) is 67.4 Å². The maximum atomic E-state index is 12.4. The molecule has 21 heavy (non-hydrogen) atoms. The lowest BCUT2D eigenvalue weighted by Gasteiger charge is -2.29. The Morgan fingerprint density at radius 2 is 2.05 bits per heavy atom. The van der Waals surface area contributed by atoms with Crippen LogP contribution in [-0.4, -0.2) is 41.3 Å². The summed E-state index contributed by atoms with van der Waals surface area (Å²) in [7, 11) is -1.80. The molecule has 1 saturated heterocycles. The third-order valence-corrected chi connectivity index (χ3v) is 5.47. The van der Waals surface area contributed by atoms with Gasteiger partial charge in [0.05, 0.1) is 11.5 Å². The zero-order valence-corrected chi connectivity index (χ0v) is 13.4. The summed E-state index contributed by atoms with van der Waals surface area (Å²) in [5.74, 6) is 0.349. The van der Waals surface area contributed by atoms with Crippen molar-refractivity contribution in [3.8, 4) is 0 Å². The Kier molecular flexibility index (Phi) is 5.75. The first-order valence-corrected chi connectivity index (χ1v) is 8.82. The van der Waals surface area contributed by atoms with Crippen molar-refractivity contribution in [1.82, 2.24) is 10.0 Å². The molecular weight excluding hydrogens is 288 g/mol. The van der Waals surface area contributed by atoms with Crippen molar-refractivity contribution in [2.45, 2.75) is 30.7 Å². The average Bonchev–Trinajstić information content (AvgIpc) is 2.48. The minimum Gasteiger partial charge on any atom is -0.384 e. The molecule has 1 aromatic rings. The normalized spacial score (nSPS) is 23.1. The van der Waals surface area contributed by atoms with Gasteiger partial charge in [-0.25, -0.2) is 13.1 Å². The second kappa shape index (κ2) is 7.35. The number of nitrogens with one attached hydrogen (secondary N) is 2. The first-order chi connectivity index (χ1) is 10.0. The lowest BCUT2D eigenvalue weighted by molar-refractivity contribution is 0.202. The van der Waals surface area contributed by atoms with E-state index < -0.39 is 10.0 Å². The van der Waals surface area contributed by atoms with E-state index in [-0.39, 0.29) is 6.04 Å². The van der Waals surface area contributed by atoms with Crippen LogP contribution in [0.4, 0.5) is 0 Å². The molecule has 2 rings (SSSR count). The van der Waals surface area contributed by atoms with Crippen molar-refractivity contribution in [3.63, 3.8) is 0 Å². The van der Waals surface area contributed by atoms with Crippen LogP contribution >= 0.6 is 0 Å². The van der Waals surface area contributed by atoms with Crippen LogP contribution in [0.1, 0.15) is 18.9 Å². The Labute approximate surface area is 127 Å². The summed E-state index contributed by atoms with van der Waals surface area (Å²) >= 11 is 0. The molecule has 0 amide bonds. The molecule has 2 atom stereocenters. The average molecular weight is 312 g/mol. The molecule has 0 spiro atoms. The largest absolute Gasteiger partial charge is 0.384 e. The van der Waals surface area contributed by atoms with E-state index in [1.807, 2.05) is 12.1 Å². The van der Waals surface area contributed by atoms with Crippen LogP contribution < -0.4 is 10.0 Å². The summed E-state index contributed by atoms with van der Waals surface area (Å²) in [6.45, 7) is 4.36. The van der Waals surface area contributed by atoms with Gasteiger partial charge in [-0.05, 0) is 43.0 Å². The zero-order chi connectivity index (χ0) is 15.3. The van der Waals surface area contributed by atoms with Crippen LogP contribution in [-0.2, 0) is 21.2 Å². The van der Waals surface area contributed by atoms with Gasteiger partial charge in [-0.3, -0.25) is 0 Å². The standard InChI is InChI=1S/C15H24N2O3S/c1-12-7-9-16-11-15(12)17-21(18,19)14-5-3-13(4-6-14)8-10-20-2/h3-6,12,15-17H,7-11H2,1-2H3. The number of ether oxygens (including phenoxy) is 1. The number of hydrogen-bond acceptors (Lipinski definition) is 4. The monoisotopic (exact) mass is 312 g/mol. The van der Waals surface area contributed by atoms with E-state index in [4.69, 9.17) is 4.74 Å². The predicted molar refractivity (Wildman–Crippen MR) is 82.8 cm³/mol. The van der Waals surface area contributed by atoms with E-state index in [0.717, 1.165) is 24.9 Å². The van der Waals surface area contributed by atoms with Crippen molar-refractivity contribution < 1.29 is 13.2 Å². The Morgan fingerprint density at radius 1 is 1.33 bits per heavy atom. The number of rotatable bonds is 6. The highest BCUT2D eigenvalue weighted by molar-refractivity contribution is 7.89. The number of piperidine rings is 1. The fraction of sp³-hybridized carbons (Fsp3) is 0.600. The summed E-state index contributed by atoms with van der Waals surface area (Å²) in [6, 6.07) is 6.96. The van der Waals surface area contributed by atoms with Crippen LogP contribution in [0.15, 0.2) is 29.2 Å².